The first-order chi connectivity index (χ1) is 10.0. The second kappa shape index (κ2) is 6.97. The lowest BCUT2D eigenvalue weighted by Gasteiger charge is -2.10. The van der Waals surface area contributed by atoms with Crippen molar-refractivity contribution >= 4 is 27.0 Å². The molecule has 0 saturated heterocycles. The van der Waals surface area contributed by atoms with Crippen LogP contribution in [0.3, 0.4) is 0 Å². The molecule has 0 bridgehead atoms. The highest BCUT2D eigenvalue weighted by Gasteiger charge is 2.19. The van der Waals surface area contributed by atoms with Crippen molar-refractivity contribution in [2.24, 2.45) is 0 Å². The molecule has 2 N–H and O–H groups in total. The maximum Gasteiger partial charge on any atom is 0.260 e. The van der Waals surface area contributed by atoms with Crippen molar-refractivity contribution in [1.29, 1.82) is 0 Å². The molecule has 2 heterocycles. The van der Waals surface area contributed by atoms with Gasteiger partial charge in [0.15, 0.2) is 5.03 Å². The van der Waals surface area contributed by atoms with Gasteiger partial charge in [0, 0.05) is 36.8 Å². The number of pyridine rings is 1. The number of hydrogen-bond acceptors (Lipinski definition) is 6. The van der Waals surface area contributed by atoms with E-state index >= 15 is 0 Å². The molecule has 0 atom stereocenters. The largest absolute Gasteiger partial charge is 0.383 e. The molecule has 6 nitrogen and oxygen atoms in total. The average Bonchev–Trinajstić information content (AvgIpc) is 2.85. The molecule has 2 aromatic heterocycles. The minimum Gasteiger partial charge on any atom is -0.383 e. The van der Waals surface area contributed by atoms with Gasteiger partial charge in [-0.2, -0.15) is 0 Å². The molecule has 0 radical (unpaired) electrons. The summed E-state index contributed by atoms with van der Waals surface area (Å²) in [6.07, 6.45) is 2.04. The number of anilines is 1. The Bertz CT molecular complexity index is 698. The summed E-state index contributed by atoms with van der Waals surface area (Å²) in [5.41, 5.74) is 1.47. The van der Waals surface area contributed by atoms with Gasteiger partial charge in [-0.3, -0.25) is 0 Å². The Labute approximate surface area is 128 Å². The Kier molecular flexibility index (Phi) is 5.27. The summed E-state index contributed by atoms with van der Waals surface area (Å²) in [5, 5.41) is 5.90. The monoisotopic (exact) mass is 326 g/mol. The molecule has 2 aromatic rings. The number of aromatic nitrogens is 2. The first kappa shape index (κ1) is 15.9. The Hall–Kier alpha value is -1.51. The zero-order chi connectivity index (χ0) is 15.3. The summed E-state index contributed by atoms with van der Waals surface area (Å²) < 4.78 is 27.2. The summed E-state index contributed by atoms with van der Waals surface area (Å²) >= 11 is 1.53. The van der Waals surface area contributed by atoms with E-state index in [2.05, 4.69) is 20.0 Å². The van der Waals surface area contributed by atoms with Crippen LogP contribution in [-0.4, -0.2) is 31.5 Å². The van der Waals surface area contributed by atoms with E-state index in [4.69, 9.17) is 0 Å². The maximum absolute atomic E-state index is 12.3. The van der Waals surface area contributed by atoms with Crippen LogP contribution in [0.1, 0.15) is 17.6 Å². The van der Waals surface area contributed by atoms with Crippen LogP contribution in [0.2, 0.25) is 0 Å². The van der Waals surface area contributed by atoms with Crippen molar-refractivity contribution in [3.05, 3.63) is 34.4 Å². The summed E-state index contributed by atoms with van der Waals surface area (Å²) in [6.45, 7) is 4.76. The highest BCUT2D eigenvalue weighted by atomic mass is 32.2. The van der Waals surface area contributed by atoms with Crippen molar-refractivity contribution in [2.45, 2.75) is 25.3 Å². The van der Waals surface area contributed by atoms with E-state index in [0.29, 0.717) is 25.2 Å². The number of thiazole rings is 1. The molecule has 0 fully saturated rings. The van der Waals surface area contributed by atoms with Gasteiger partial charge in [-0.1, -0.05) is 0 Å². The summed E-state index contributed by atoms with van der Waals surface area (Å²) in [5.74, 6) is 0. The van der Waals surface area contributed by atoms with E-state index < -0.39 is 10.0 Å². The van der Waals surface area contributed by atoms with E-state index in [1.165, 1.54) is 17.5 Å². The molecule has 0 saturated carbocycles. The number of hydrogen-bond donors (Lipinski definition) is 2. The molecule has 0 unspecified atom stereocenters. The third-order valence-corrected chi connectivity index (χ3v) is 5.14. The van der Waals surface area contributed by atoms with Crippen molar-refractivity contribution < 1.29 is 8.42 Å². The fourth-order valence-corrected chi connectivity index (χ4v) is 3.72. The fraction of sp³-hybridized carbons (Fsp3) is 0.385. The molecule has 0 aromatic carbocycles. The van der Waals surface area contributed by atoms with E-state index in [1.54, 1.807) is 12.1 Å². The summed E-state index contributed by atoms with van der Waals surface area (Å²) in [4.78, 5) is 8.28. The van der Waals surface area contributed by atoms with Gasteiger partial charge in [-0.25, -0.2) is 23.1 Å². The molecule has 0 amide bonds. The quantitative estimate of drug-likeness (QED) is 0.810. The molecule has 114 valence electrons. The number of rotatable bonds is 7. The molecule has 0 aliphatic rings. The summed E-state index contributed by atoms with van der Waals surface area (Å²) in [6, 6.07) is 3.41. The average molecular weight is 326 g/mol. The van der Waals surface area contributed by atoms with Gasteiger partial charge < -0.3 is 5.32 Å². The van der Waals surface area contributed by atoms with Gasteiger partial charge in [0.2, 0.25) is 0 Å². The van der Waals surface area contributed by atoms with Crippen LogP contribution in [0.5, 0.6) is 0 Å². The first-order valence-corrected chi connectivity index (χ1v) is 8.99. The molecule has 8 heteroatoms. The standard InChI is InChI=1S/C13H18N4O2S2/c1-3-14-11-5-4-7-15-13(11)21(18,19)16-8-6-12-17-10(2)9-20-12/h4-5,7,9,14,16H,3,6,8H2,1-2H3. The Morgan fingerprint density at radius 3 is 2.86 bits per heavy atom. The van der Waals surface area contributed by atoms with Gasteiger partial charge in [0.05, 0.1) is 10.7 Å². The molecular weight excluding hydrogens is 308 g/mol. The second-order valence-electron chi connectivity index (χ2n) is 4.42. The number of aryl methyl sites for hydroxylation is 1. The predicted octanol–water partition coefficient (Wildman–Crippen LogP) is 1.80. The van der Waals surface area contributed by atoms with Gasteiger partial charge in [0.1, 0.15) is 0 Å². The third-order valence-electron chi connectivity index (χ3n) is 2.69. The predicted molar refractivity (Wildman–Crippen MR) is 84.1 cm³/mol. The van der Waals surface area contributed by atoms with Crippen LogP contribution in [0.4, 0.5) is 5.69 Å². The lowest BCUT2D eigenvalue weighted by molar-refractivity contribution is 0.578. The van der Waals surface area contributed by atoms with Crippen LogP contribution < -0.4 is 10.0 Å². The van der Waals surface area contributed by atoms with Crippen molar-refractivity contribution in [3.8, 4) is 0 Å². The SMILES string of the molecule is CCNc1cccnc1S(=O)(=O)NCCc1nc(C)cs1. The number of sulfonamides is 1. The molecule has 0 spiro atoms. The fourth-order valence-electron chi connectivity index (χ4n) is 1.81. The van der Waals surface area contributed by atoms with Crippen LogP contribution >= 0.6 is 11.3 Å². The van der Waals surface area contributed by atoms with Gasteiger partial charge in [-0.05, 0) is 26.0 Å². The molecule has 0 aliphatic heterocycles. The van der Waals surface area contributed by atoms with Crippen molar-refractivity contribution in [1.82, 2.24) is 14.7 Å². The first-order valence-electron chi connectivity index (χ1n) is 6.62. The lowest BCUT2D eigenvalue weighted by atomic mass is 10.4. The van der Waals surface area contributed by atoms with Crippen LogP contribution in [0, 0.1) is 6.92 Å². The maximum atomic E-state index is 12.3. The second-order valence-corrected chi connectivity index (χ2v) is 7.04. The smallest absolute Gasteiger partial charge is 0.260 e. The molecule has 0 aliphatic carbocycles. The minimum atomic E-state index is -3.62. The van der Waals surface area contributed by atoms with Gasteiger partial charge in [0.25, 0.3) is 10.0 Å². The van der Waals surface area contributed by atoms with E-state index in [9.17, 15) is 8.42 Å². The van der Waals surface area contributed by atoms with E-state index in [0.717, 1.165) is 10.7 Å². The van der Waals surface area contributed by atoms with Gasteiger partial charge >= 0.3 is 0 Å². The number of nitrogens with one attached hydrogen (secondary N) is 2. The third kappa shape index (κ3) is 4.23. The minimum absolute atomic E-state index is 0.0298. The molecule has 21 heavy (non-hydrogen) atoms. The zero-order valence-corrected chi connectivity index (χ0v) is 13.6. The highest BCUT2D eigenvalue weighted by molar-refractivity contribution is 7.89. The Morgan fingerprint density at radius 1 is 1.38 bits per heavy atom. The Morgan fingerprint density at radius 2 is 2.19 bits per heavy atom. The van der Waals surface area contributed by atoms with Crippen LogP contribution in [0.15, 0.2) is 28.7 Å². The topological polar surface area (TPSA) is 84.0 Å². The summed E-state index contributed by atoms with van der Waals surface area (Å²) in [7, 11) is -3.62. The van der Waals surface area contributed by atoms with Crippen LogP contribution in [0.25, 0.3) is 0 Å². The molecular formula is C13H18N4O2S2. The number of nitrogens with zero attached hydrogens (tertiary/aromatic N) is 2. The van der Waals surface area contributed by atoms with E-state index in [1.807, 2.05) is 19.2 Å². The highest BCUT2D eigenvalue weighted by Crippen LogP contribution is 2.17. The van der Waals surface area contributed by atoms with Crippen molar-refractivity contribution in [2.75, 3.05) is 18.4 Å². The zero-order valence-electron chi connectivity index (χ0n) is 12.0. The van der Waals surface area contributed by atoms with Crippen LogP contribution in [-0.2, 0) is 16.4 Å². The lowest BCUT2D eigenvalue weighted by Crippen LogP contribution is -2.27. The normalized spacial score (nSPS) is 11.5. The van der Waals surface area contributed by atoms with Crippen molar-refractivity contribution in [3.63, 3.8) is 0 Å². The van der Waals surface area contributed by atoms with Gasteiger partial charge in [-0.15, -0.1) is 11.3 Å². The molecule has 2 rings (SSSR count). The van der Waals surface area contributed by atoms with E-state index in [-0.39, 0.29) is 5.03 Å². The Balaban J connectivity index is 2.04.